The quantitative estimate of drug-likeness (QED) is 0.444. The van der Waals surface area contributed by atoms with Gasteiger partial charge in [-0.15, -0.1) is 0 Å². The molecule has 8 nitrogen and oxygen atoms in total. The van der Waals surface area contributed by atoms with E-state index >= 15 is 0 Å². The van der Waals surface area contributed by atoms with Gasteiger partial charge in [0.25, 0.3) is 5.91 Å². The number of hydrogen-bond donors (Lipinski definition) is 0. The molecule has 0 unspecified atom stereocenters. The van der Waals surface area contributed by atoms with Crippen LogP contribution in [0.5, 0.6) is 0 Å². The number of hydrogen-bond acceptors (Lipinski definition) is 6. The number of imidazole rings is 1. The highest BCUT2D eigenvalue weighted by Crippen LogP contribution is 2.37. The van der Waals surface area contributed by atoms with Gasteiger partial charge in [0.2, 0.25) is 5.95 Å². The topological polar surface area (TPSA) is 79.8 Å². The summed E-state index contributed by atoms with van der Waals surface area (Å²) in [4.78, 5) is 29.0. The first-order valence-corrected chi connectivity index (χ1v) is 10.3. The number of carbonyl (C=O) groups is 1. The van der Waals surface area contributed by atoms with Crippen LogP contribution in [0.25, 0.3) is 16.8 Å². The van der Waals surface area contributed by atoms with Crippen molar-refractivity contribution in [1.29, 1.82) is 0 Å². The smallest absolute Gasteiger partial charge is 0.420 e. The van der Waals surface area contributed by atoms with Crippen LogP contribution >= 0.6 is 11.6 Å². The molecule has 1 aliphatic heterocycles. The molecule has 170 valence electrons. The van der Waals surface area contributed by atoms with Crippen LogP contribution in [0.15, 0.2) is 53.7 Å². The molecule has 0 atom stereocenters. The van der Waals surface area contributed by atoms with Gasteiger partial charge < -0.3 is 14.2 Å². The number of anilines is 1. The molecular weight excluding hydrogens is 461 g/mol. The molecule has 1 aliphatic rings. The zero-order valence-electron chi connectivity index (χ0n) is 17.0. The van der Waals surface area contributed by atoms with Crippen molar-refractivity contribution in [2.24, 2.45) is 0 Å². The number of alkyl halides is 3. The highest BCUT2D eigenvalue weighted by Gasteiger charge is 2.37. The van der Waals surface area contributed by atoms with Gasteiger partial charge in [-0.25, -0.2) is 15.0 Å². The molecule has 0 aliphatic carbocycles. The molecule has 1 amide bonds. The lowest BCUT2D eigenvalue weighted by molar-refractivity contribution is -0.136. The van der Waals surface area contributed by atoms with Crippen molar-refractivity contribution in [3.8, 4) is 11.1 Å². The molecule has 12 heteroatoms. The van der Waals surface area contributed by atoms with Crippen LogP contribution in [0.2, 0.25) is 5.15 Å². The minimum atomic E-state index is -4.70. The van der Waals surface area contributed by atoms with E-state index in [1.165, 1.54) is 29.7 Å². The normalized spacial score (nSPS) is 14.8. The summed E-state index contributed by atoms with van der Waals surface area (Å²) in [5, 5.41) is -0.181. The molecule has 0 bridgehead atoms. The van der Waals surface area contributed by atoms with E-state index in [1.54, 1.807) is 18.5 Å². The highest BCUT2D eigenvalue weighted by atomic mass is 35.5. The van der Waals surface area contributed by atoms with Gasteiger partial charge in [-0.3, -0.25) is 9.20 Å². The minimum Gasteiger partial charge on any atom is -0.472 e. The average molecular weight is 477 g/mol. The molecule has 1 saturated heterocycles. The Hall–Kier alpha value is -3.60. The molecule has 5 heterocycles. The van der Waals surface area contributed by atoms with E-state index in [2.05, 4.69) is 15.0 Å². The monoisotopic (exact) mass is 476 g/mol. The first kappa shape index (κ1) is 21.3. The SMILES string of the molecule is O=C(c1nc2c(C(F)(F)F)cc(-c3ccoc3)cn2c1Cl)N1CCN(c2ncccn2)CC1. The summed E-state index contributed by atoms with van der Waals surface area (Å²) in [6.45, 7) is 1.60. The third-order valence-electron chi connectivity index (χ3n) is 5.43. The largest absolute Gasteiger partial charge is 0.472 e. The molecule has 4 aromatic rings. The standard InChI is InChI=1S/C21H16ClF3N6O2/c22-17-16(19(32)29-5-7-30(8-6-29)20-26-3-1-4-27-20)28-18-15(21(23,24)25)10-14(11-31(17)18)13-2-9-33-12-13/h1-4,9-12H,5-8H2. The van der Waals surface area contributed by atoms with E-state index in [0.29, 0.717) is 37.7 Å². The van der Waals surface area contributed by atoms with Crippen molar-refractivity contribution in [2.75, 3.05) is 31.1 Å². The van der Waals surface area contributed by atoms with Crippen LogP contribution in [0.1, 0.15) is 16.1 Å². The lowest BCUT2D eigenvalue weighted by atomic mass is 10.1. The van der Waals surface area contributed by atoms with Crippen molar-refractivity contribution in [2.45, 2.75) is 6.18 Å². The van der Waals surface area contributed by atoms with E-state index in [-0.39, 0.29) is 16.4 Å². The Balaban J connectivity index is 1.47. The van der Waals surface area contributed by atoms with Crippen molar-refractivity contribution < 1.29 is 22.4 Å². The van der Waals surface area contributed by atoms with Crippen molar-refractivity contribution in [3.63, 3.8) is 0 Å². The fraction of sp³-hybridized carbons (Fsp3) is 0.238. The second-order valence-electron chi connectivity index (χ2n) is 7.43. The number of aromatic nitrogens is 4. The maximum absolute atomic E-state index is 13.8. The average Bonchev–Trinajstić information content (AvgIpc) is 3.47. The Labute approximate surface area is 190 Å². The van der Waals surface area contributed by atoms with Gasteiger partial charge in [0, 0.05) is 55.9 Å². The van der Waals surface area contributed by atoms with Crippen LogP contribution in [0.4, 0.5) is 19.1 Å². The number of rotatable bonds is 3. The summed E-state index contributed by atoms with van der Waals surface area (Å²) in [5.41, 5.74) is -0.971. The summed E-state index contributed by atoms with van der Waals surface area (Å²) in [6.07, 6.45) is 2.66. The van der Waals surface area contributed by atoms with Crippen LogP contribution in [-0.4, -0.2) is 56.3 Å². The van der Waals surface area contributed by atoms with Crippen molar-refractivity contribution in [3.05, 3.63) is 65.7 Å². The molecule has 5 rings (SSSR count). The van der Waals surface area contributed by atoms with E-state index in [9.17, 15) is 18.0 Å². The second kappa shape index (κ2) is 8.07. The number of carbonyl (C=O) groups excluding carboxylic acids is 1. The summed E-state index contributed by atoms with van der Waals surface area (Å²) in [6, 6.07) is 4.21. The molecule has 1 fully saturated rings. The molecule has 33 heavy (non-hydrogen) atoms. The van der Waals surface area contributed by atoms with Crippen LogP contribution < -0.4 is 4.90 Å². The molecule has 0 saturated carbocycles. The van der Waals surface area contributed by atoms with E-state index < -0.39 is 23.3 Å². The molecule has 0 spiro atoms. The Morgan fingerprint density at radius 2 is 1.82 bits per heavy atom. The third kappa shape index (κ3) is 3.88. The molecular formula is C21H16ClF3N6O2. The maximum Gasteiger partial charge on any atom is 0.420 e. The Morgan fingerprint density at radius 1 is 1.09 bits per heavy atom. The first-order valence-electron chi connectivity index (χ1n) is 9.95. The number of pyridine rings is 1. The summed E-state index contributed by atoms with van der Waals surface area (Å²) < 4.78 is 47.5. The highest BCUT2D eigenvalue weighted by molar-refractivity contribution is 6.33. The zero-order valence-corrected chi connectivity index (χ0v) is 17.7. The lowest BCUT2D eigenvalue weighted by Gasteiger charge is -2.34. The number of furan rings is 1. The maximum atomic E-state index is 13.8. The van der Waals surface area contributed by atoms with Gasteiger partial charge in [0.05, 0.1) is 18.1 Å². The Bertz CT molecular complexity index is 1300. The van der Waals surface area contributed by atoms with Crippen LogP contribution in [0.3, 0.4) is 0 Å². The van der Waals surface area contributed by atoms with E-state index in [1.807, 2.05) is 4.90 Å². The Kier molecular flexibility index (Phi) is 5.20. The zero-order chi connectivity index (χ0) is 23.2. The third-order valence-corrected chi connectivity index (χ3v) is 5.79. The predicted molar refractivity (Wildman–Crippen MR) is 113 cm³/mol. The van der Waals surface area contributed by atoms with Gasteiger partial charge in [-0.05, 0) is 18.2 Å². The minimum absolute atomic E-state index is 0.181. The van der Waals surface area contributed by atoms with Crippen molar-refractivity contribution >= 4 is 29.1 Å². The fourth-order valence-corrected chi connectivity index (χ4v) is 4.01. The lowest BCUT2D eigenvalue weighted by Crippen LogP contribution is -2.49. The summed E-state index contributed by atoms with van der Waals surface area (Å²) in [5.74, 6) is 0.0206. The molecule has 0 aromatic carbocycles. The predicted octanol–water partition coefficient (Wildman–Crippen LogP) is 4.02. The summed E-state index contributed by atoms with van der Waals surface area (Å²) in [7, 11) is 0. The number of halogens is 4. The van der Waals surface area contributed by atoms with E-state index in [4.69, 9.17) is 16.0 Å². The molecule has 0 N–H and O–H groups in total. The van der Waals surface area contributed by atoms with Crippen molar-refractivity contribution in [1.82, 2.24) is 24.3 Å². The number of amides is 1. The van der Waals surface area contributed by atoms with Gasteiger partial charge in [0.15, 0.2) is 11.3 Å². The number of nitrogens with zero attached hydrogens (tertiary/aromatic N) is 6. The van der Waals surface area contributed by atoms with Crippen LogP contribution in [-0.2, 0) is 6.18 Å². The Morgan fingerprint density at radius 3 is 2.45 bits per heavy atom. The van der Waals surface area contributed by atoms with Gasteiger partial charge in [-0.2, -0.15) is 13.2 Å². The first-order chi connectivity index (χ1) is 15.8. The number of fused-ring (bicyclic) bond motifs is 1. The second-order valence-corrected chi connectivity index (χ2v) is 7.78. The summed E-state index contributed by atoms with van der Waals surface area (Å²) >= 11 is 6.38. The molecule has 4 aromatic heterocycles. The number of piperazine rings is 1. The van der Waals surface area contributed by atoms with Crippen LogP contribution in [0, 0.1) is 0 Å². The molecule has 0 radical (unpaired) electrons. The van der Waals surface area contributed by atoms with Gasteiger partial charge in [-0.1, -0.05) is 11.6 Å². The van der Waals surface area contributed by atoms with Gasteiger partial charge >= 0.3 is 6.18 Å². The van der Waals surface area contributed by atoms with Gasteiger partial charge in [0.1, 0.15) is 5.15 Å². The van der Waals surface area contributed by atoms with E-state index in [0.717, 1.165) is 10.5 Å². The fourth-order valence-electron chi connectivity index (χ4n) is 3.76.